The molecule has 4 rings (SSSR count). The molecule has 37 heavy (non-hydrogen) atoms. The topological polar surface area (TPSA) is 98.7 Å². The first-order valence-electron chi connectivity index (χ1n) is 11.9. The zero-order chi connectivity index (χ0) is 26.9. The van der Waals surface area contributed by atoms with Crippen molar-refractivity contribution in [2.45, 2.75) is 43.4 Å². The predicted octanol–water partition coefficient (Wildman–Crippen LogP) is 5.39. The van der Waals surface area contributed by atoms with E-state index >= 15 is 0 Å². The second-order valence-corrected chi connectivity index (χ2v) is 11.8. The second-order valence-electron chi connectivity index (χ2n) is 9.42. The van der Waals surface area contributed by atoms with E-state index in [1.165, 1.54) is 18.4 Å². The van der Waals surface area contributed by atoms with Crippen molar-refractivity contribution < 1.29 is 22.7 Å². The summed E-state index contributed by atoms with van der Waals surface area (Å²) in [6.07, 6.45) is 0.662. The lowest BCUT2D eigenvalue weighted by Crippen LogP contribution is -2.46. The Morgan fingerprint density at radius 2 is 1.86 bits per heavy atom. The number of nitrogens with zero attached hydrogens (tertiary/aromatic N) is 1. The Balaban J connectivity index is 1.55. The number of halogens is 2. The molecule has 1 unspecified atom stereocenters. The molecule has 10 heteroatoms. The predicted molar refractivity (Wildman–Crippen MR) is 144 cm³/mol. The maximum atomic E-state index is 14.0. The minimum Gasteiger partial charge on any atom is -0.371 e. The number of carbonyl (C=O) groups excluding carboxylic acids is 1. The molecule has 7 nitrogen and oxygen atoms in total. The Bertz CT molecular complexity index is 1430. The number of hydrogen-bond acceptors (Lipinski definition) is 5. The van der Waals surface area contributed by atoms with Crippen molar-refractivity contribution in [3.05, 3.63) is 77.1 Å². The molecule has 0 bridgehead atoms. The van der Waals surface area contributed by atoms with Gasteiger partial charge in [-0.2, -0.15) is 0 Å². The van der Waals surface area contributed by atoms with Gasteiger partial charge in [-0.1, -0.05) is 49.7 Å². The van der Waals surface area contributed by atoms with Gasteiger partial charge in [0.15, 0.2) is 9.84 Å². The summed E-state index contributed by atoms with van der Waals surface area (Å²) in [5.74, 6) is -0.578. The molecule has 0 saturated carbocycles. The molecule has 1 aliphatic rings. The molecule has 1 fully saturated rings. The highest BCUT2D eigenvalue weighted by Gasteiger charge is 2.35. The molecular formula is C27H29ClFN3O4S. The molecule has 0 radical (unpaired) electrons. The van der Waals surface area contributed by atoms with Crippen LogP contribution in [0.3, 0.4) is 0 Å². The Morgan fingerprint density at radius 1 is 1.14 bits per heavy atom. The maximum Gasteiger partial charge on any atom is 0.319 e. The van der Waals surface area contributed by atoms with Crippen molar-refractivity contribution in [2.24, 2.45) is 0 Å². The number of rotatable bonds is 6. The third-order valence-electron chi connectivity index (χ3n) is 6.41. The smallest absolute Gasteiger partial charge is 0.319 e. The quantitative estimate of drug-likeness (QED) is 0.385. The van der Waals surface area contributed by atoms with Gasteiger partial charge in [0.2, 0.25) is 0 Å². The van der Waals surface area contributed by atoms with E-state index in [-0.39, 0.29) is 21.5 Å². The fourth-order valence-electron chi connectivity index (χ4n) is 4.58. The number of aliphatic hydroxyl groups is 1. The standard InChI is InChI=1S/C27H29ClFN3O4S/c1-16(2)20-14-17(19-6-4-5-7-25(19)37(3,35)36)8-11-24(20)32-13-12-23(26(32)33)31-27(34)30-22-10-9-18(28)15-21(22)29/h4-11,14-16,23,26,33H,12-13H2,1-3H3,(H2,30,31,34)/t23-,26?/m1/s1. The number of hydrogen-bond donors (Lipinski definition) is 3. The lowest BCUT2D eigenvalue weighted by Gasteiger charge is -2.29. The number of anilines is 2. The van der Waals surface area contributed by atoms with E-state index in [4.69, 9.17) is 11.6 Å². The zero-order valence-electron chi connectivity index (χ0n) is 20.7. The molecule has 2 amide bonds. The first-order chi connectivity index (χ1) is 17.5. The summed E-state index contributed by atoms with van der Waals surface area (Å²) in [7, 11) is -3.42. The average Bonchev–Trinajstić information content (AvgIpc) is 3.19. The molecule has 3 N–H and O–H groups in total. The van der Waals surface area contributed by atoms with Gasteiger partial charge in [-0.25, -0.2) is 17.6 Å². The van der Waals surface area contributed by atoms with Gasteiger partial charge in [-0.05, 0) is 59.9 Å². The Labute approximate surface area is 221 Å². The third kappa shape index (κ3) is 5.89. The summed E-state index contributed by atoms with van der Waals surface area (Å²) in [5.41, 5.74) is 3.11. The maximum absolute atomic E-state index is 14.0. The van der Waals surface area contributed by atoms with Crippen LogP contribution in [-0.2, 0) is 9.84 Å². The molecule has 2 atom stereocenters. The second kappa shape index (κ2) is 10.7. The van der Waals surface area contributed by atoms with Gasteiger partial charge < -0.3 is 20.6 Å². The van der Waals surface area contributed by atoms with E-state index in [0.29, 0.717) is 18.5 Å². The highest BCUT2D eigenvalue weighted by molar-refractivity contribution is 7.90. The largest absolute Gasteiger partial charge is 0.371 e. The summed E-state index contributed by atoms with van der Waals surface area (Å²) < 4.78 is 38.7. The van der Waals surface area contributed by atoms with Gasteiger partial charge >= 0.3 is 6.03 Å². The molecular weight excluding hydrogens is 517 g/mol. The van der Waals surface area contributed by atoms with E-state index in [9.17, 15) is 22.7 Å². The van der Waals surface area contributed by atoms with E-state index in [2.05, 4.69) is 10.6 Å². The molecule has 3 aromatic carbocycles. The van der Waals surface area contributed by atoms with Crippen LogP contribution in [0.4, 0.5) is 20.6 Å². The summed E-state index contributed by atoms with van der Waals surface area (Å²) in [6, 6.07) is 15.3. The van der Waals surface area contributed by atoms with Crippen LogP contribution in [0.2, 0.25) is 5.02 Å². The number of urea groups is 1. The van der Waals surface area contributed by atoms with Crippen molar-refractivity contribution in [3.63, 3.8) is 0 Å². The first kappa shape index (κ1) is 26.9. The summed E-state index contributed by atoms with van der Waals surface area (Å²) >= 11 is 5.76. The summed E-state index contributed by atoms with van der Waals surface area (Å²) in [4.78, 5) is 14.6. The van der Waals surface area contributed by atoms with Gasteiger partial charge in [0.05, 0.1) is 16.6 Å². The van der Waals surface area contributed by atoms with Crippen LogP contribution < -0.4 is 15.5 Å². The number of nitrogens with one attached hydrogen (secondary N) is 2. The minimum atomic E-state index is -3.42. The third-order valence-corrected chi connectivity index (χ3v) is 7.80. The van der Waals surface area contributed by atoms with Crippen molar-refractivity contribution in [3.8, 4) is 11.1 Å². The first-order valence-corrected chi connectivity index (χ1v) is 14.1. The SMILES string of the molecule is CC(C)c1cc(-c2ccccc2S(C)(=O)=O)ccc1N1CC[C@@H](NC(=O)Nc2ccc(Cl)cc2F)C1O. The van der Waals surface area contributed by atoms with E-state index in [1.807, 2.05) is 36.9 Å². The van der Waals surface area contributed by atoms with Crippen LogP contribution in [0.1, 0.15) is 31.7 Å². The molecule has 0 spiro atoms. The van der Waals surface area contributed by atoms with Crippen molar-refractivity contribution in [1.29, 1.82) is 0 Å². The van der Waals surface area contributed by atoms with Crippen LogP contribution >= 0.6 is 11.6 Å². The van der Waals surface area contributed by atoms with Gasteiger partial charge in [-0.3, -0.25) is 0 Å². The molecule has 1 aliphatic heterocycles. The van der Waals surface area contributed by atoms with Gasteiger partial charge in [-0.15, -0.1) is 0 Å². The minimum absolute atomic E-state index is 0.0155. The molecule has 3 aromatic rings. The van der Waals surface area contributed by atoms with Crippen LogP contribution in [0, 0.1) is 5.82 Å². The average molecular weight is 546 g/mol. The normalized spacial score (nSPS) is 17.8. The lowest BCUT2D eigenvalue weighted by atomic mass is 9.95. The van der Waals surface area contributed by atoms with Crippen LogP contribution in [0.25, 0.3) is 11.1 Å². The molecule has 0 aromatic heterocycles. The number of benzene rings is 3. The highest BCUT2D eigenvalue weighted by Crippen LogP contribution is 2.37. The van der Waals surface area contributed by atoms with Crippen LogP contribution in [0.15, 0.2) is 65.6 Å². The summed E-state index contributed by atoms with van der Waals surface area (Å²) in [5, 5.41) is 16.5. The van der Waals surface area contributed by atoms with Gasteiger partial charge in [0, 0.05) is 29.1 Å². The van der Waals surface area contributed by atoms with E-state index < -0.39 is 34.0 Å². The molecule has 196 valence electrons. The highest BCUT2D eigenvalue weighted by atomic mass is 35.5. The Morgan fingerprint density at radius 3 is 2.54 bits per heavy atom. The monoisotopic (exact) mass is 545 g/mol. The fourth-order valence-corrected chi connectivity index (χ4v) is 5.65. The zero-order valence-corrected chi connectivity index (χ0v) is 22.3. The number of aliphatic hydroxyl groups excluding tert-OH is 1. The van der Waals surface area contributed by atoms with E-state index in [1.54, 1.807) is 24.3 Å². The Kier molecular flexibility index (Phi) is 7.77. The van der Waals surface area contributed by atoms with Crippen molar-refractivity contribution in [1.82, 2.24) is 5.32 Å². The van der Waals surface area contributed by atoms with Crippen molar-refractivity contribution >= 4 is 38.8 Å². The lowest BCUT2D eigenvalue weighted by molar-refractivity contribution is 0.153. The van der Waals surface area contributed by atoms with E-state index in [0.717, 1.165) is 22.9 Å². The van der Waals surface area contributed by atoms with Gasteiger partial charge in [0.1, 0.15) is 12.0 Å². The Hall–Kier alpha value is -3.14. The number of sulfone groups is 1. The van der Waals surface area contributed by atoms with Gasteiger partial charge in [0.25, 0.3) is 0 Å². The molecule has 0 aliphatic carbocycles. The molecule has 1 saturated heterocycles. The number of carbonyl (C=O) groups is 1. The molecule has 1 heterocycles. The van der Waals surface area contributed by atoms with Crippen LogP contribution in [-0.4, -0.2) is 44.6 Å². The van der Waals surface area contributed by atoms with Crippen molar-refractivity contribution in [2.75, 3.05) is 23.0 Å². The number of amides is 2. The van der Waals surface area contributed by atoms with Crippen LogP contribution in [0.5, 0.6) is 0 Å². The fraction of sp³-hybridized carbons (Fsp3) is 0.296. The summed E-state index contributed by atoms with van der Waals surface area (Å²) in [6.45, 7) is 4.54.